The van der Waals surface area contributed by atoms with E-state index >= 15 is 0 Å². The Bertz CT molecular complexity index is 1580. The van der Waals surface area contributed by atoms with Crippen molar-refractivity contribution in [2.75, 3.05) is 21.1 Å². The largest absolute Gasteiger partial charge is 0.510 e. The topological polar surface area (TPSA) is 154 Å². The van der Waals surface area contributed by atoms with E-state index in [0.717, 1.165) is 6.21 Å². The normalized spacial score (nSPS) is 27.1. The lowest BCUT2D eigenvalue weighted by molar-refractivity contribution is -0.146. The number of nitrogens with zero attached hydrogens (tertiary/aromatic N) is 2. The summed E-state index contributed by atoms with van der Waals surface area (Å²) in [6.07, 6.45) is 1.44. The van der Waals surface area contributed by atoms with E-state index in [2.05, 4.69) is 4.99 Å². The van der Waals surface area contributed by atoms with Crippen LogP contribution in [0.4, 0.5) is 0 Å². The van der Waals surface area contributed by atoms with Crippen LogP contribution in [0.2, 0.25) is 0 Å². The Labute approximate surface area is 225 Å². The van der Waals surface area contributed by atoms with Crippen molar-refractivity contribution in [2.24, 2.45) is 16.8 Å². The second-order valence-electron chi connectivity index (χ2n) is 10.2. The van der Waals surface area contributed by atoms with E-state index in [1.807, 2.05) is 0 Å². The molecule has 0 amide bonds. The van der Waals surface area contributed by atoms with Crippen LogP contribution in [0.1, 0.15) is 22.3 Å². The number of likely N-dealkylation sites (N-methyl/N-ethyl adjacent to an activating group) is 1. The summed E-state index contributed by atoms with van der Waals surface area (Å²) in [6, 6.07) is 11.2. The molecule has 0 aliphatic heterocycles. The first-order chi connectivity index (χ1) is 18.4. The SMILES string of the molecule is C/N=C\C1=C(O)[C@@H](N(C)C)[C@@H]2C[C@@H]3Cc4cccc(OS(=O)(=O)c5ccccc5)c4C(=O)C3=C(O)[C@]2(O)C1=O. The standard InChI is InChI=1S/C28H28N2O8S/c1-29-14-18-24(31)23(30(2)3)19-13-16-12-15-8-7-11-20(38-39(36,37)17-9-5-4-6-10-17)21(15)25(32)22(16)27(34)28(19,35)26(18)33/h4-11,14,16,19,23,31,34-35H,12-13H2,1-3H3/b29-14-/t16-,19-,23-,28+/m0/s1. The van der Waals surface area contributed by atoms with Gasteiger partial charge in [-0.2, -0.15) is 8.42 Å². The minimum absolute atomic E-state index is 0.0574. The van der Waals surface area contributed by atoms with Gasteiger partial charge in [-0.1, -0.05) is 30.3 Å². The number of aliphatic hydroxyl groups is 3. The van der Waals surface area contributed by atoms with Crippen molar-refractivity contribution in [1.29, 1.82) is 0 Å². The summed E-state index contributed by atoms with van der Waals surface area (Å²) < 4.78 is 31.2. The lowest BCUT2D eigenvalue weighted by Crippen LogP contribution is -2.63. The van der Waals surface area contributed by atoms with Gasteiger partial charge in [0.1, 0.15) is 16.4 Å². The van der Waals surface area contributed by atoms with E-state index < -0.39 is 50.9 Å². The van der Waals surface area contributed by atoms with E-state index in [0.29, 0.717) is 5.56 Å². The third kappa shape index (κ3) is 4.00. The van der Waals surface area contributed by atoms with Gasteiger partial charge in [-0.25, -0.2) is 0 Å². The number of ketones is 2. The lowest BCUT2D eigenvalue weighted by Gasteiger charge is -2.50. The third-order valence-corrected chi connectivity index (χ3v) is 8.97. The third-order valence-electron chi connectivity index (χ3n) is 7.72. The zero-order valence-electron chi connectivity index (χ0n) is 21.5. The highest BCUT2D eigenvalue weighted by atomic mass is 32.2. The Morgan fingerprint density at radius 2 is 1.77 bits per heavy atom. The van der Waals surface area contributed by atoms with E-state index in [1.165, 1.54) is 25.2 Å². The van der Waals surface area contributed by atoms with Crippen LogP contribution in [0.15, 0.2) is 81.1 Å². The van der Waals surface area contributed by atoms with Crippen molar-refractivity contribution in [3.05, 3.63) is 82.3 Å². The first kappa shape index (κ1) is 26.8. The zero-order valence-corrected chi connectivity index (χ0v) is 22.3. The molecule has 0 fully saturated rings. The van der Waals surface area contributed by atoms with Crippen molar-refractivity contribution >= 4 is 27.9 Å². The van der Waals surface area contributed by atoms with Gasteiger partial charge in [0, 0.05) is 24.8 Å². The summed E-state index contributed by atoms with van der Waals surface area (Å²) in [5, 5.41) is 34.2. The highest BCUT2D eigenvalue weighted by molar-refractivity contribution is 7.87. The van der Waals surface area contributed by atoms with Gasteiger partial charge in [0.25, 0.3) is 0 Å². The molecule has 0 radical (unpaired) electrons. The second kappa shape index (κ2) is 9.44. The van der Waals surface area contributed by atoms with Crippen molar-refractivity contribution < 1.29 is 37.5 Å². The number of benzene rings is 2. The summed E-state index contributed by atoms with van der Waals surface area (Å²) >= 11 is 0. The van der Waals surface area contributed by atoms with Crippen molar-refractivity contribution in [3.63, 3.8) is 0 Å². The van der Waals surface area contributed by atoms with E-state index in [1.54, 1.807) is 49.3 Å². The molecule has 5 rings (SSSR count). The highest BCUT2D eigenvalue weighted by Gasteiger charge is 2.62. The number of hydrogen-bond donors (Lipinski definition) is 3. The van der Waals surface area contributed by atoms with Crippen molar-refractivity contribution in [1.82, 2.24) is 4.90 Å². The van der Waals surface area contributed by atoms with Crippen LogP contribution in [0.3, 0.4) is 0 Å². The van der Waals surface area contributed by atoms with Gasteiger partial charge in [0.05, 0.1) is 17.2 Å². The highest BCUT2D eigenvalue weighted by Crippen LogP contribution is 2.52. The van der Waals surface area contributed by atoms with Gasteiger partial charge in [0.2, 0.25) is 5.78 Å². The van der Waals surface area contributed by atoms with Crippen LogP contribution >= 0.6 is 0 Å². The van der Waals surface area contributed by atoms with Crippen LogP contribution in [-0.2, 0) is 21.3 Å². The predicted molar refractivity (Wildman–Crippen MR) is 141 cm³/mol. The predicted octanol–water partition coefficient (Wildman–Crippen LogP) is 2.40. The maximum Gasteiger partial charge on any atom is 0.339 e. The number of rotatable bonds is 5. The first-order valence-electron chi connectivity index (χ1n) is 12.3. The number of fused-ring (bicyclic) bond motifs is 3. The van der Waals surface area contributed by atoms with Crippen LogP contribution in [0, 0.1) is 11.8 Å². The lowest BCUT2D eigenvalue weighted by atomic mass is 9.59. The minimum atomic E-state index is -4.28. The van der Waals surface area contributed by atoms with Gasteiger partial charge >= 0.3 is 10.1 Å². The Balaban J connectivity index is 1.64. The summed E-state index contributed by atoms with van der Waals surface area (Å²) in [5.41, 5.74) is -2.48. The minimum Gasteiger partial charge on any atom is -0.510 e. The van der Waals surface area contributed by atoms with Crippen LogP contribution < -0.4 is 4.18 Å². The molecule has 0 spiro atoms. The van der Waals surface area contributed by atoms with Crippen LogP contribution in [0.5, 0.6) is 5.75 Å². The maximum atomic E-state index is 13.9. The zero-order chi connectivity index (χ0) is 28.3. The van der Waals surface area contributed by atoms with Gasteiger partial charge in [-0.3, -0.25) is 19.5 Å². The number of Topliss-reactive ketones (excluding diaryl/α,β-unsaturated/α-hetero) is 2. The molecule has 39 heavy (non-hydrogen) atoms. The Kier molecular flexibility index (Phi) is 6.48. The number of carbonyl (C=O) groups excluding carboxylic acids is 2. The molecule has 0 heterocycles. The van der Waals surface area contributed by atoms with Crippen LogP contribution in [0.25, 0.3) is 0 Å². The van der Waals surface area contributed by atoms with E-state index in [4.69, 9.17) is 4.18 Å². The summed E-state index contributed by atoms with van der Waals surface area (Å²) in [6.45, 7) is 0. The van der Waals surface area contributed by atoms with Gasteiger partial charge < -0.3 is 19.5 Å². The Morgan fingerprint density at radius 1 is 1.08 bits per heavy atom. The Morgan fingerprint density at radius 3 is 2.41 bits per heavy atom. The van der Waals surface area contributed by atoms with E-state index in [-0.39, 0.29) is 46.0 Å². The summed E-state index contributed by atoms with van der Waals surface area (Å²) in [7, 11) is 0.467. The molecule has 0 saturated heterocycles. The number of carbonyl (C=O) groups is 2. The quantitative estimate of drug-likeness (QED) is 0.375. The summed E-state index contributed by atoms with van der Waals surface area (Å²) in [4.78, 5) is 32.8. The number of aliphatic imine (C=N–C) groups is 1. The maximum absolute atomic E-state index is 13.9. The molecule has 2 aromatic rings. The van der Waals surface area contributed by atoms with Crippen LogP contribution in [-0.4, -0.2) is 79.2 Å². The molecule has 0 aromatic heterocycles. The monoisotopic (exact) mass is 552 g/mol. The molecule has 4 atom stereocenters. The molecule has 0 saturated carbocycles. The molecule has 2 aromatic carbocycles. The van der Waals surface area contributed by atoms with Gasteiger partial charge in [0.15, 0.2) is 17.1 Å². The second-order valence-corrected chi connectivity index (χ2v) is 11.7. The van der Waals surface area contributed by atoms with Crippen molar-refractivity contribution in [3.8, 4) is 5.75 Å². The molecule has 3 N–H and O–H groups in total. The van der Waals surface area contributed by atoms with Gasteiger partial charge in [-0.15, -0.1) is 0 Å². The molecule has 3 aliphatic carbocycles. The average molecular weight is 553 g/mol. The molecule has 10 nitrogen and oxygen atoms in total. The van der Waals surface area contributed by atoms with Gasteiger partial charge in [-0.05, 0) is 56.6 Å². The number of allylic oxidation sites excluding steroid dienone is 1. The number of aliphatic hydroxyl groups excluding tert-OH is 2. The fourth-order valence-electron chi connectivity index (χ4n) is 6.04. The van der Waals surface area contributed by atoms with Crippen molar-refractivity contribution in [2.45, 2.75) is 29.4 Å². The molecule has 0 bridgehead atoms. The fourth-order valence-corrected chi connectivity index (χ4v) is 7.00. The summed E-state index contributed by atoms with van der Waals surface area (Å²) in [5.74, 6) is -4.55. The molecular formula is C28H28N2O8S. The Hall–Kier alpha value is -3.80. The molecule has 3 aliphatic rings. The van der Waals surface area contributed by atoms with E-state index in [9.17, 15) is 33.3 Å². The molecule has 11 heteroatoms. The molecule has 0 unspecified atom stereocenters. The first-order valence-corrected chi connectivity index (χ1v) is 13.7. The average Bonchev–Trinajstić information content (AvgIpc) is 2.89. The smallest absolute Gasteiger partial charge is 0.339 e. The number of hydrogen-bond acceptors (Lipinski definition) is 10. The fraction of sp³-hybridized carbons (Fsp3) is 0.321. The molecular weight excluding hydrogens is 524 g/mol. The molecule has 204 valence electrons.